The van der Waals surface area contributed by atoms with E-state index in [1.54, 1.807) is 4.90 Å². The lowest BCUT2D eigenvalue weighted by atomic mass is 10.2. The van der Waals surface area contributed by atoms with Gasteiger partial charge in [-0.2, -0.15) is 0 Å². The molecule has 0 bridgehead atoms. The summed E-state index contributed by atoms with van der Waals surface area (Å²) < 4.78 is 5.30. The summed E-state index contributed by atoms with van der Waals surface area (Å²) in [7, 11) is 0. The lowest BCUT2D eigenvalue weighted by Crippen LogP contribution is -2.50. The number of carbonyl (C=O) groups excluding carboxylic acids is 2. The van der Waals surface area contributed by atoms with Crippen LogP contribution in [0.15, 0.2) is 0 Å². The second kappa shape index (κ2) is 6.04. The molecule has 1 fully saturated rings. The minimum absolute atomic E-state index is 0.267. The molecule has 0 aliphatic carbocycles. The summed E-state index contributed by atoms with van der Waals surface area (Å²) in [5.74, 6) is -0.287. The first-order valence-electron chi connectivity index (χ1n) is 6.26. The van der Waals surface area contributed by atoms with Crippen molar-refractivity contribution in [1.29, 1.82) is 0 Å². The monoisotopic (exact) mass is 257 g/mol. The van der Waals surface area contributed by atoms with Gasteiger partial charge < -0.3 is 15.4 Å². The smallest absolute Gasteiger partial charge is 0.410 e. The highest BCUT2D eigenvalue weighted by Gasteiger charge is 2.25. The highest BCUT2D eigenvalue weighted by molar-refractivity contribution is 5.73. The van der Waals surface area contributed by atoms with E-state index in [-0.39, 0.29) is 12.0 Å². The van der Waals surface area contributed by atoms with Gasteiger partial charge in [0.25, 0.3) is 0 Å². The summed E-state index contributed by atoms with van der Waals surface area (Å²) in [4.78, 5) is 26.3. The second-order valence-corrected chi connectivity index (χ2v) is 5.53. The summed E-state index contributed by atoms with van der Waals surface area (Å²) in [5.41, 5.74) is 4.65. The standard InChI is InChI=1S/C12H23N3O3/c1-12(2,3)18-11(17)15-8-6-14(7-9-15)5-4-10(13)16/h4-9H2,1-3H3,(H2,13,16). The maximum absolute atomic E-state index is 11.8. The fourth-order valence-corrected chi connectivity index (χ4v) is 1.75. The normalized spacial score (nSPS) is 17.6. The largest absolute Gasteiger partial charge is 0.444 e. The number of amides is 2. The van der Waals surface area contributed by atoms with Gasteiger partial charge in [-0.3, -0.25) is 9.69 Å². The average Bonchev–Trinajstić information content (AvgIpc) is 2.24. The van der Waals surface area contributed by atoms with Crippen molar-refractivity contribution >= 4 is 12.0 Å². The quantitative estimate of drug-likeness (QED) is 0.794. The van der Waals surface area contributed by atoms with Crippen LogP contribution in [0.1, 0.15) is 27.2 Å². The minimum atomic E-state index is -0.458. The highest BCUT2D eigenvalue weighted by Crippen LogP contribution is 2.11. The van der Waals surface area contributed by atoms with Gasteiger partial charge in [-0.25, -0.2) is 4.79 Å². The average molecular weight is 257 g/mol. The Kier molecular flexibility index (Phi) is 4.95. The van der Waals surface area contributed by atoms with Crippen molar-refractivity contribution in [2.24, 2.45) is 5.73 Å². The van der Waals surface area contributed by atoms with Gasteiger partial charge >= 0.3 is 6.09 Å². The number of piperazine rings is 1. The van der Waals surface area contributed by atoms with E-state index in [1.165, 1.54) is 0 Å². The first-order valence-corrected chi connectivity index (χ1v) is 6.26. The fourth-order valence-electron chi connectivity index (χ4n) is 1.75. The van der Waals surface area contributed by atoms with Gasteiger partial charge in [0.15, 0.2) is 0 Å². The lowest BCUT2D eigenvalue weighted by molar-refractivity contribution is -0.118. The molecular formula is C12H23N3O3. The van der Waals surface area contributed by atoms with Crippen LogP contribution in [0.5, 0.6) is 0 Å². The summed E-state index contributed by atoms with van der Waals surface area (Å²) in [6, 6.07) is 0. The highest BCUT2D eigenvalue weighted by atomic mass is 16.6. The van der Waals surface area contributed by atoms with Crippen LogP contribution >= 0.6 is 0 Å². The van der Waals surface area contributed by atoms with E-state index < -0.39 is 5.60 Å². The topological polar surface area (TPSA) is 75.9 Å². The number of nitrogens with zero attached hydrogens (tertiary/aromatic N) is 2. The number of carbonyl (C=O) groups is 2. The molecule has 0 aromatic rings. The first-order chi connectivity index (χ1) is 8.28. The van der Waals surface area contributed by atoms with Crippen LogP contribution < -0.4 is 5.73 Å². The van der Waals surface area contributed by atoms with Gasteiger partial charge in [-0.15, -0.1) is 0 Å². The molecule has 0 atom stereocenters. The van der Waals surface area contributed by atoms with E-state index in [2.05, 4.69) is 4.90 Å². The fraction of sp³-hybridized carbons (Fsp3) is 0.833. The van der Waals surface area contributed by atoms with Gasteiger partial charge in [0.2, 0.25) is 5.91 Å². The third-order valence-electron chi connectivity index (χ3n) is 2.70. The molecule has 2 N–H and O–H groups in total. The maximum Gasteiger partial charge on any atom is 0.410 e. The SMILES string of the molecule is CC(C)(C)OC(=O)N1CCN(CCC(N)=O)CC1. The van der Waals surface area contributed by atoms with E-state index >= 15 is 0 Å². The van der Waals surface area contributed by atoms with Crippen molar-refractivity contribution in [3.63, 3.8) is 0 Å². The molecule has 1 heterocycles. The van der Waals surface area contributed by atoms with Crippen LogP contribution in [0, 0.1) is 0 Å². The predicted octanol–water partition coefficient (Wildman–Crippen LogP) is 0.415. The van der Waals surface area contributed by atoms with Gasteiger partial charge in [0.05, 0.1) is 0 Å². The maximum atomic E-state index is 11.8. The molecule has 0 unspecified atom stereocenters. The molecule has 6 nitrogen and oxygen atoms in total. The van der Waals surface area contributed by atoms with Crippen LogP contribution in [0.25, 0.3) is 0 Å². The van der Waals surface area contributed by atoms with Crippen molar-refractivity contribution in [3.05, 3.63) is 0 Å². The zero-order valence-corrected chi connectivity index (χ0v) is 11.4. The summed E-state index contributed by atoms with van der Waals surface area (Å²) in [6.07, 6.45) is 0.101. The van der Waals surface area contributed by atoms with Crippen LogP contribution in [0.3, 0.4) is 0 Å². The summed E-state index contributed by atoms with van der Waals surface area (Å²) >= 11 is 0. The summed E-state index contributed by atoms with van der Waals surface area (Å²) in [5, 5.41) is 0. The van der Waals surface area contributed by atoms with E-state index in [0.29, 0.717) is 26.1 Å². The molecule has 0 aromatic heterocycles. The zero-order valence-electron chi connectivity index (χ0n) is 11.4. The number of primary amides is 1. The molecule has 104 valence electrons. The molecule has 0 spiro atoms. The van der Waals surface area contributed by atoms with Gasteiger partial charge in [-0.05, 0) is 20.8 Å². The van der Waals surface area contributed by atoms with Crippen molar-refractivity contribution in [2.45, 2.75) is 32.8 Å². The molecule has 0 saturated carbocycles. The number of hydrogen-bond acceptors (Lipinski definition) is 4. The molecule has 18 heavy (non-hydrogen) atoms. The van der Waals surface area contributed by atoms with Crippen molar-refractivity contribution in [2.75, 3.05) is 32.7 Å². The Morgan fingerprint density at radius 3 is 2.17 bits per heavy atom. The molecule has 1 aliphatic rings. The van der Waals surface area contributed by atoms with E-state index in [0.717, 1.165) is 13.1 Å². The third kappa shape index (κ3) is 5.35. The third-order valence-corrected chi connectivity index (χ3v) is 2.70. The van der Waals surface area contributed by atoms with Crippen LogP contribution in [0.2, 0.25) is 0 Å². The lowest BCUT2D eigenvalue weighted by Gasteiger charge is -2.35. The Hall–Kier alpha value is -1.30. The number of hydrogen-bond donors (Lipinski definition) is 1. The zero-order chi connectivity index (χ0) is 13.8. The number of ether oxygens (including phenoxy) is 1. The van der Waals surface area contributed by atoms with Crippen molar-refractivity contribution in [3.8, 4) is 0 Å². The Morgan fingerprint density at radius 2 is 1.72 bits per heavy atom. The Balaban J connectivity index is 2.30. The molecular weight excluding hydrogens is 234 g/mol. The predicted molar refractivity (Wildman–Crippen MR) is 68.1 cm³/mol. The van der Waals surface area contributed by atoms with Crippen LogP contribution in [0.4, 0.5) is 4.79 Å². The van der Waals surface area contributed by atoms with E-state index in [1.807, 2.05) is 20.8 Å². The minimum Gasteiger partial charge on any atom is -0.444 e. The molecule has 2 amide bonds. The Bertz CT molecular complexity index is 304. The number of nitrogens with two attached hydrogens (primary N) is 1. The van der Waals surface area contributed by atoms with E-state index in [4.69, 9.17) is 10.5 Å². The molecule has 1 aliphatic heterocycles. The van der Waals surface area contributed by atoms with Crippen LogP contribution in [-0.2, 0) is 9.53 Å². The Labute approximate surface area is 108 Å². The summed E-state index contributed by atoms with van der Waals surface area (Å²) in [6.45, 7) is 9.01. The Morgan fingerprint density at radius 1 is 1.17 bits per heavy atom. The molecule has 1 rings (SSSR count). The van der Waals surface area contributed by atoms with Crippen molar-refractivity contribution in [1.82, 2.24) is 9.80 Å². The second-order valence-electron chi connectivity index (χ2n) is 5.53. The van der Waals surface area contributed by atoms with Gasteiger partial charge in [0.1, 0.15) is 5.60 Å². The van der Waals surface area contributed by atoms with Crippen LogP contribution in [-0.4, -0.2) is 60.1 Å². The molecule has 6 heteroatoms. The molecule has 0 radical (unpaired) electrons. The van der Waals surface area contributed by atoms with Gasteiger partial charge in [-0.1, -0.05) is 0 Å². The van der Waals surface area contributed by atoms with E-state index in [9.17, 15) is 9.59 Å². The van der Waals surface area contributed by atoms with Crippen molar-refractivity contribution < 1.29 is 14.3 Å². The molecule has 1 saturated heterocycles. The molecule has 0 aromatic carbocycles. The first kappa shape index (κ1) is 14.8. The van der Waals surface area contributed by atoms with Gasteiger partial charge in [0, 0.05) is 39.1 Å². The number of rotatable bonds is 3.